The SMILES string of the molecule is Cc1ncsc1CNC1CC(C)OC(C)C1. The Hall–Kier alpha value is -0.450. The minimum Gasteiger partial charge on any atom is -0.375 e. The van der Waals surface area contributed by atoms with Crippen LogP contribution in [0.25, 0.3) is 0 Å². The Kier molecular flexibility index (Phi) is 3.95. The molecule has 4 heteroatoms. The number of nitrogens with zero attached hydrogens (tertiary/aromatic N) is 1. The first-order valence-corrected chi connectivity index (χ1v) is 6.81. The summed E-state index contributed by atoms with van der Waals surface area (Å²) in [4.78, 5) is 5.62. The molecule has 2 rings (SSSR count). The van der Waals surface area contributed by atoms with Gasteiger partial charge in [0.25, 0.3) is 0 Å². The zero-order chi connectivity index (χ0) is 11.5. The maximum atomic E-state index is 5.73. The van der Waals surface area contributed by atoms with E-state index in [9.17, 15) is 0 Å². The summed E-state index contributed by atoms with van der Waals surface area (Å²) >= 11 is 1.73. The highest BCUT2D eigenvalue weighted by Gasteiger charge is 2.23. The van der Waals surface area contributed by atoms with Crippen LogP contribution in [-0.2, 0) is 11.3 Å². The maximum absolute atomic E-state index is 5.73. The van der Waals surface area contributed by atoms with Crippen molar-refractivity contribution in [3.05, 3.63) is 16.1 Å². The Morgan fingerprint density at radius 2 is 2.12 bits per heavy atom. The van der Waals surface area contributed by atoms with Crippen molar-refractivity contribution in [3.63, 3.8) is 0 Å². The molecule has 0 amide bonds. The predicted octanol–water partition coefficient (Wildman–Crippen LogP) is 2.50. The predicted molar refractivity (Wildman–Crippen MR) is 66.7 cm³/mol. The highest BCUT2D eigenvalue weighted by atomic mass is 32.1. The molecule has 0 aliphatic carbocycles. The van der Waals surface area contributed by atoms with Crippen molar-refractivity contribution in [2.45, 2.75) is 58.4 Å². The molecule has 90 valence electrons. The van der Waals surface area contributed by atoms with Crippen LogP contribution >= 0.6 is 11.3 Å². The molecule has 0 bridgehead atoms. The van der Waals surface area contributed by atoms with Crippen LogP contribution in [0.4, 0.5) is 0 Å². The van der Waals surface area contributed by atoms with Crippen molar-refractivity contribution >= 4 is 11.3 Å². The number of hydrogen-bond acceptors (Lipinski definition) is 4. The monoisotopic (exact) mass is 240 g/mol. The molecule has 2 atom stereocenters. The average Bonchev–Trinajstić information content (AvgIpc) is 2.59. The second-order valence-corrected chi connectivity index (χ2v) is 5.61. The molecule has 0 aromatic carbocycles. The van der Waals surface area contributed by atoms with Crippen molar-refractivity contribution in [2.24, 2.45) is 0 Å². The number of ether oxygens (including phenoxy) is 1. The van der Waals surface area contributed by atoms with Gasteiger partial charge in [-0.05, 0) is 33.6 Å². The first kappa shape index (κ1) is 12.0. The van der Waals surface area contributed by atoms with E-state index in [1.165, 1.54) is 4.88 Å². The molecule has 16 heavy (non-hydrogen) atoms. The first-order chi connectivity index (χ1) is 7.65. The van der Waals surface area contributed by atoms with Crippen LogP contribution in [0.2, 0.25) is 0 Å². The first-order valence-electron chi connectivity index (χ1n) is 5.93. The van der Waals surface area contributed by atoms with Crippen molar-refractivity contribution < 1.29 is 4.74 Å². The highest BCUT2D eigenvalue weighted by Crippen LogP contribution is 2.20. The van der Waals surface area contributed by atoms with E-state index in [0.29, 0.717) is 18.2 Å². The van der Waals surface area contributed by atoms with Crippen LogP contribution in [0.15, 0.2) is 5.51 Å². The van der Waals surface area contributed by atoms with E-state index in [2.05, 4.69) is 31.1 Å². The Balaban J connectivity index is 1.84. The van der Waals surface area contributed by atoms with Gasteiger partial charge in [-0.1, -0.05) is 0 Å². The van der Waals surface area contributed by atoms with Crippen LogP contribution in [0.3, 0.4) is 0 Å². The fraction of sp³-hybridized carbons (Fsp3) is 0.750. The molecule has 1 aromatic heterocycles. The molecule has 0 spiro atoms. The Labute approximate surface area is 101 Å². The molecule has 1 aliphatic rings. The van der Waals surface area contributed by atoms with E-state index < -0.39 is 0 Å². The molecule has 1 aliphatic heterocycles. The van der Waals surface area contributed by atoms with Gasteiger partial charge in [-0.15, -0.1) is 11.3 Å². The van der Waals surface area contributed by atoms with Crippen molar-refractivity contribution in [1.29, 1.82) is 0 Å². The molecule has 2 unspecified atom stereocenters. The second kappa shape index (κ2) is 5.25. The molecule has 2 heterocycles. The van der Waals surface area contributed by atoms with Crippen LogP contribution in [0, 0.1) is 6.92 Å². The lowest BCUT2D eigenvalue weighted by molar-refractivity contribution is -0.0422. The Morgan fingerprint density at radius 3 is 2.69 bits per heavy atom. The smallest absolute Gasteiger partial charge is 0.0798 e. The lowest BCUT2D eigenvalue weighted by Gasteiger charge is -2.32. The van der Waals surface area contributed by atoms with E-state index >= 15 is 0 Å². The summed E-state index contributed by atoms with van der Waals surface area (Å²) in [6.45, 7) is 7.33. The van der Waals surface area contributed by atoms with Crippen LogP contribution in [0.1, 0.15) is 37.3 Å². The minimum atomic E-state index is 0.379. The standard InChI is InChI=1S/C12H20N2OS/c1-8-4-11(5-9(2)15-8)13-6-12-10(3)14-7-16-12/h7-9,11,13H,4-6H2,1-3H3. The van der Waals surface area contributed by atoms with Gasteiger partial charge in [0.1, 0.15) is 0 Å². The lowest BCUT2D eigenvalue weighted by atomic mass is 10.00. The van der Waals surface area contributed by atoms with E-state index in [-0.39, 0.29) is 0 Å². The normalized spacial score (nSPS) is 30.6. The summed E-state index contributed by atoms with van der Waals surface area (Å²) in [6, 6.07) is 0.584. The third-order valence-electron chi connectivity index (χ3n) is 3.09. The summed E-state index contributed by atoms with van der Waals surface area (Å²) in [5.74, 6) is 0. The number of aromatic nitrogens is 1. The second-order valence-electron chi connectivity index (χ2n) is 4.67. The summed E-state index contributed by atoms with van der Waals surface area (Å²) < 4.78 is 5.73. The number of aryl methyl sites for hydroxylation is 1. The quantitative estimate of drug-likeness (QED) is 0.881. The fourth-order valence-electron chi connectivity index (χ4n) is 2.30. The molecular formula is C12H20N2OS. The van der Waals surface area contributed by atoms with Crippen LogP contribution in [-0.4, -0.2) is 23.2 Å². The van der Waals surface area contributed by atoms with Gasteiger partial charge < -0.3 is 10.1 Å². The number of thiazole rings is 1. The van der Waals surface area contributed by atoms with Gasteiger partial charge in [0.05, 0.1) is 23.4 Å². The van der Waals surface area contributed by atoms with E-state index in [0.717, 1.165) is 25.1 Å². The number of nitrogens with one attached hydrogen (secondary N) is 1. The maximum Gasteiger partial charge on any atom is 0.0798 e. The van der Waals surface area contributed by atoms with Gasteiger partial charge in [-0.2, -0.15) is 0 Å². The molecule has 1 fully saturated rings. The molecule has 3 nitrogen and oxygen atoms in total. The van der Waals surface area contributed by atoms with Gasteiger partial charge in [-0.25, -0.2) is 4.98 Å². The van der Waals surface area contributed by atoms with Crippen molar-refractivity contribution in [3.8, 4) is 0 Å². The Bertz CT molecular complexity index is 330. The molecule has 1 saturated heterocycles. The van der Waals surface area contributed by atoms with Crippen LogP contribution in [0.5, 0.6) is 0 Å². The third kappa shape index (κ3) is 3.03. The lowest BCUT2D eigenvalue weighted by Crippen LogP contribution is -2.40. The molecule has 0 saturated carbocycles. The summed E-state index contributed by atoms with van der Waals surface area (Å²) in [5, 5.41) is 3.62. The third-order valence-corrected chi connectivity index (χ3v) is 4.03. The van der Waals surface area contributed by atoms with Gasteiger partial charge in [-0.3, -0.25) is 0 Å². The van der Waals surface area contributed by atoms with E-state index in [1.807, 2.05) is 5.51 Å². The van der Waals surface area contributed by atoms with Crippen molar-refractivity contribution in [1.82, 2.24) is 10.3 Å². The summed E-state index contributed by atoms with van der Waals surface area (Å²) in [6.07, 6.45) is 2.98. The highest BCUT2D eigenvalue weighted by molar-refractivity contribution is 7.09. The summed E-state index contributed by atoms with van der Waals surface area (Å²) in [7, 11) is 0. The average molecular weight is 240 g/mol. The van der Waals surface area contributed by atoms with E-state index in [1.54, 1.807) is 11.3 Å². The van der Waals surface area contributed by atoms with Gasteiger partial charge in [0, 0.05) is 17.5 Å². The molecular weight excluding hydrogens is 220 g/mol. The fourth-order valence-corrected chi connectivity index (χ4v) is 3.03. The number of rotatable bonds is 3. The zero-order valence-corrected chi connectivity index (χ0v) is 11.0. The minimum absolute atomic E-state index is 0.379. The van der Waals surface area contributed by atoms with Gasteiger partial charge >= 0.3 is 0 Å². The Morgan fingerprint density at radius 1 is 1.44 bits per heavy atom. The number of hydrogen-bond donors (Lipinski definition) is 1. The largest absolute Gasteiger partial charge is 0.375 e. The van der Waals surface area contributed by atoms with E-state index in [4.69, 9.17) is 4.74 Å². The molecule has 1 N–H and O–H groups in total. The zero-order valence-electron chi connectivity index (χ0n) is 10.2. The molecule has 0 radical (unpaired) electrons. The topological polar surface area (TPSA) is 34.2 Å². The van der Waals surface area contributed by atoms with Crippen molar-refractivity contribution in [2.75, 3.05) is 0 Å². The van der Waals surface area contributed by atoms with Gasteiger partial charge in [0.15, 0.2) is 0 Å². The molecule has 1 aromatic rings. The van der Waals surface area contributed by atoms with Gasteiger partial charge in [0.2, 0.25) is 0 Å². The van der Waals surface area contributed by atoms with Crippen LogP contribution < -0.4 is 5.32 Å². The summed E-state index contributed by atoms with van der Waals surface area (Å²) in [5.41, 5.74) is 3.08.